The molecule has 0 amide bonds. The summed E-state index contributed by atoms with van der Waals surface area (Å²) in [4.78, 5) is 10.8. The topological polar surface area (TPSA) is 78.3 Å². The highest BCUT2D eigenvalue weighted by atomic mass is 16.5. The summed E-state index contributed by atoms with van der Waals surface area (Å²) in [5.74, 6) is -0.326. The van der Waals surface area contributed by atoms with E-state index in [1.54, 1.807) is 0 Å². The molecule has 1 fully saturated rings. The lowest BCUT2D eigenvalue weighted by Gasteiger charge is -2.07. The average Bonchev–Trinajstić information content (AvgIpc) is 1.96. The van der Waals surface area contributed by atoms with Crippen LogP contribution in [0, 0.1) is 0 Å². The molecule has 58 valence electrons. The summed E-state index contributed by atoms with van der Waals surface area (Å²) < 4.78 is 4.74. The third-order valence-corrected chi connectivity index (χ3v) is 1.59. The minimum atomic E-state index is -0.516. The second-order valence-corrected chi connectivity index (χ2v) is 2.56. The van der Waals surface area contributed by atoms with Crippen LogP contribution in [-0.4, -0.2) is 24.7 Å². The fraction of sp³-hybridized carbons (Fsp3) is 0.833. The van der Waals surface area contributed by atoms with Gasteiger partial charge in [-0.3, -0.25) is 4.79 Å². The molecule has 0 aliphatic carbocycles. The maximum Gasteiger partial charge on any atom is 0.322 e. The molecule has 1 heterocycles. The van der Waals surface area contributed by atoms with Crippen molar-refractivity contribution in [2.75, 3.05) is 6.61 Å². The van der Waals surface area contributed by atoms with Gasteiger partial charge in [0.1, 0.15) is 6.04 Å². The largest absolute Gasteiger partial charge is 0.464 e. The van der Waals surface area contributed by atoms with E-state index in [2.05, 4.69) is 0 Å². The Kier molecular flexibility index (Phi) is 2.24. The van der Waals surface area contributed by atoms with E-state index in [0.29, 0.717) is 13.0 Å². The van der Waals surface area contributed by atoms with Crippen molar-refractivity contribution in [2.24, 2.45) is 11.5 Å². The number of esters is 1. The lowest BCUT2D eigenvalue weighted by molar-refractivity contribution is -0.144. The van der Waals surface area contributed by atoms with Crippen LogP contribution in [0.3, 0.4) is 0 Å². The molecule has 4 N–H and O–H groups in total. The van der Waals surface area contributed by atoms with Crippen molar-refractivity contribution in [2.45, 2.75) is 24.9 Å². The van der Waals surface area contributed by atoms with Gasteiger partial charge in [0.05, 0.1) is 6.61 Å². The molecule has 4 heteroatoms. The second-order valence-electron chi connectivity index (χ2n) is 2.56. The molecule has 0 aromatic carbocycles. The first-order chi connectivity index (χ1) is 4.70. The zero-order valence-corrected chi connectivity index (χ0v) is 5.75. The van der Waals surface area contributed by atoms with Gasteiger partial charge < -0.3 is 16.2 Å². The maximum absolute atomic E-state index is 10.8. The minimum absolute atomic E-state index is 0.0152. The van der Waals surface area contributed by atoms with Crippen molar-refractivity contribution < 1.29 is 9.53 Å². The molecule has 0 radical (unpaired) electrons. The van der Waals surface area contributed by atoms with E-state index in [1.165, 1.54) is 0 Å². The molecule has 0 saturated carbocycles. The maximum atomic E-state index is 10.8. The smallest absolute Gasteiger partial charge is 0.322 e. The summed E-state index contributed by atoms with van der Waals surface area (Å²) in [5, 5.41) is 0. The Bertz CT molecular complexity index is 138. The average molecular weight is 144 g/mol. The van der Waals surface area contributed by atoms with Crippen molar-refractivity contribution in [3.05, 3.63) is 0 Å². The molecule has 0 aromatic heterocycles. The molecule has 1 saturated heterocycles. The predicted molar refractivity (Wildman–Crippen MR) is 36.1 cm³/mol. The van der Waals surface area contributed by atoms with Crippen molar-refractivity contribution in [3.63, 3.8) is 0 Å². The van der Waals surface area contributed by atoms with Crippen LogP contribution in [0.15, 0.2) is 0 Å². The number of nitrogens with two attached hydrogens (primary N) is 2. The molecular formula is C6H12N2O2. The van der Waals surface area contributed by atoms with Gasteiger partial charge in [0.2, 0.25) is 0 Å². The first kappa shape index (κ1) is 7.50. The molecule has 4 nitrogen and oxygen atoms in total. The number of carbonyl (C=O) groups is 1. The van der Waals surface area contributed by atoms with Gasteiger partial charge >= 0.3 is 5.97 Å². The number of rotatable bonds is 0. The Morgan fingerprint density at radius 2 is 2.20 bits per heavy atom. The number of ether oxygens (including phenoxy) is 1. The summed E-state index contributed by atoms with van der Waals surface area (Å²) >= 11 is 0. The first-order valence-corrected chi connectivity index (χ1v) is 3.38. The van der Waals surface area contributed by atoms with Crippen LogP contribution < -0.4 is 11.5 Å². The monoisotopic (exact) mass is 144 g/mol. The van der Waals surface area contributed by atoms with Crippen LogP contribution in [0.25, 0.3) is 0 Å². The normalized spacial score (nSPS) is 34.8. The van der Waals surface area contributed by atoms with Crippen molar-refractivity contribution in [3.8, 4) is 0 Å². The highest BCUT2D eigenvalue weighted by molar-refractivity contribution is 5.75. The highest BCUT2D eigenvalue weighted by Gasteiger charge is 2.22. The lowest BCUT2D eigenvalue weighted by Crippen LogP contribution is -2.35. The molecule has 2 unspecified atom stereocenters. The van der Waals surface area contributed by atoms with E-state index in [0.717, 1.165) is 6.42 Å². The summed E-state index contributed by atoms with van der Waals surface area (Å²) in [5.41, 5.74) is 11.0. The van der Waals surface area contributed by atoms with Gasteiger partial charge in [0.15, 0.2) is 0 Å². The van der Waals surface area contributed by atoms with E-state index >= 15 is 0 Å². The van der Waals surface area contributed by atoms with Crippen molar-refractivity contribution in [1.82, 2.24) is 0 Å². The fourth-order valence-electron chi connectivity index (χ4n) is 0.958. The Morgan fingerprint density at radius 1 is 1.50 bits per heavy atom. The summed E-state index contributed by atoms with van der Waals surface area (Å²) in [7, 11) is 0. The van der Waals surface area contributed by atoms with Crippen LogP contribution in [0.5, 0.6) is 0 Å². The third kappa shape index (κ3) is 1.68. The van der Waals surface area contributed by atoms with Crippen LogP contribution >= 0.6 is 0 Å². The third-order valence-electron chi connectivity index (χ3n) is 1.59. The Morgan fingerprint density at radius 3 is 2.90 bits per heavy atom. The number of hydrogen-bond acceptors (Lipinski definition) is 4. The second kappa shape index (κ2) is 2.98. The van der Waals surface area contributed by atoms with Gasteiger partial charge in [-0.15, -0.1) is 0 Å². The molecule has 10 heavy (non-hydrogen) atoms. The van der Waals surface area contributed by atoms with Gasteiger partial charge in [0.25, 0.3) is 0 Å². The molecule has 1 rings (SSSR count). The number of hydrogen-bond donors (Lipinski definition) is 2. The van der Waals surface area contributed by atoms with E-state index < -0.39 is 6.04 Å². The molecule has 0 spiro atoms. The molecule has 1 aliphatic rings. The summed E-state index contributed by atoms with van der Waals surface area (Å²) in [6.45, 7) is 0.410. The van der Waals surface area contributed by atoms with Crippen LogP contribution in [0.4, 0.5) is 0 Å². The van der Waals surface area contributed by atoms with E-state index in [9.17, 15) is 4.79 Å². The SMILES string of the molecule is NC1CCOC(=O)C(N)C1. The van der Waals surface area contributed by atoms with Gasteiger partial charge in [-0.05, 0) is 12.8 Å². The van der Waals surface area contributed by atoms with E-state index in [-0.39, 0.29) is 12.0 Å². The number of cyclic esters (lactones) is 1. The zero-order chi connectivity index (χ0) is 7.56. The van der Waals surface area contributed by atoms with Crippen LogP contribution in [-0.2, 0) is 9.53 Å². The summed E-state index contributed by atoms with van der Waals surface area (Å²) in [6.07, 6.45) is 1.26. The fourth-order valence-corrected chi connectivity index (χ4v) is 0.958. The Labute approximate surface area is 59.5 Å². The van der Waals surface area contributed by atoms with E-state index in [1.807, 2.05) is 0 Å². The molecule has 2 atom stereocenters. The Hall–Kier alpha value is -0.610. The van der Waals surface area contributed by atoms with Crippen LogP contribution in [0.2, 0.25) is 0 Å². The number of carbonyl (C=O) groups excluding carboxylic acids is 1. The van der Waals surface area contributed by atoms with Gasteiger partial charge in [-0.1, -0.05) is 0 Å². The van der Waals surface area contributed by atoms with Gasteiger partial charge in [0, 0.05) is 6.04 Å². The quantitative estimate of drug-likeness (QED) is 0.426. The predicted octanol–water partition coefficient (Wildman–Crippen LogP) is -1.02. The zero-order valence-electron chi connectivity index (χ0n) is 5.75. The van der Waals surface area contributed by atoms with Crippen molar-refractivity contribution >= 4 is 5.97 Å². The Balaban J connectivity index is 2.49. The first-order valence-electron chi connectivity index (χ1n) is 3.38. The minimum Gasteiger partial charge on any atom is -0.464 e. The van der Waals surface area contributed by atoms with Crippen molar-refractivity contribution in [1.29, 1.82) is 0 Å². The molecule has 0 aromatic rings. The molecule has 1 aliphatic heterocycles. The van der Waals surface area contributed by atoms with E-state index in [4.69, 9.17) is 16.2 Å². The lowest BCUT2D eigenvalue weighted by atomic mass is 10.1. The van der Waals surface area contributed by atoms with Crippen LogP contribution in [0.1, 0.15) is 12.8 Å². The van der Waals surface area contributed by atoms with Gasteiger partial charge in [-0.25, -0.2) is 0 Å². The highest BCUT2D eigenvalue weighted by Crippen LogP contribution is 2.05. The summed E-state index contributed by atoms with van der Waals surface area (Å²) in [6, 6.07) is -0.501. The molecular weight excluding hydrogens is 132 g/mol. The standard InChI is InChI=1S/C6H12N2O2/c7-4-1-2-10-6(9)5(8)3-4/h4-5H,1-3,7-8H2. The van der Waals surface area contributed by atoms with Gasteiger partial charge in [-0.2, -0.15) is 0 Å². The molecule has 0 bridgehead atoms.